The van der Waals surface area contributed by atoms with Gasteiger partial charge in [-0.25, -0.2) is 0 Å². The molecule has 0 aliphatic carbocycles. The van der Waals surface area contributed by atoms with E-state index in [-0.39, 0.29) is 5.91 Å². The molecule has 0 spiro atoms. The van der Waals surface area contributed by atoms with Crippen LogP contribution in [0.15, 0.2) is 65.9 Å². The van der Waals surface area contributed by atoms with E-state index in [1.807, 2.05) is 74.9 Å². The Kier molecular flexibility index (Phi) is 3.74. The number of aromatic nitrogens is 1. The lowest BCUT2D eigenvalue weighted by Gasteiger charge is -2.03. The van der Waals surface area contributed by atoms with Gasteiger partial charge in [0.05, 0.1) is 11.7 Å². The fourth-order valence-corrected chi connectivity index (χ4v) is 2.37. The Morgan fingerprint density at radius 3 is 2.45 bits per heavy atom. The summed E-state index contributed by atoms with van der Waals surface area (Å²) in [5, 5.41) is 7.01. The summed E-state index contributed by atoms with van der Waals surface area (Å²) in [7, 11) is 3.73. The summed E-state index contributed by atoms with van der Waals surface area (Å²) >= 11 is 0. The van der Waals surface area contributed by atoms with Crippen LogP contribution in [0.2, 0.25) is 0 Å². The first-order chi connectivity index (χ1) is 10.7. The summed E-state index contributed by atoms with van der Waals surface area (Å²) in [5.74, 6) is -0.0405. The normalized spacial score (nSPS) is 11.2. The molecule has 0 amide bonds. The molecule has 4 heteroatoms. The van der Waals surface area contributed by atoms with Crippen molar-refractivity contribution in [1.29, 1.82) is 0 Å². The van der Waals surface area contributed by atoms with Crippen LogP contribution in [0.1, 0.15) is 15.9 Å². The smallest absolute Gasteiger partial charge is 0.262 e. The second kappa shape index (κ2) is 5.85. The highest BCUT2D eigenvalue weighted by atomic mass is 16.2. The van der Waals surface area contributed by atoms with Crippen LogP contribution in [0.5, 0.6) is 0 Å². The third kappa shape index (κ3) is 2.63. The average molecular weight is 291 g/mol. The number of para-hydroxylation sites is 1. The van der Waals surface area contributed by atoms with Gasteiger partial charge >= 0.3 is 0 Å². The third-order valence-corrected chi connectivity index (χ3v) is 3.41. The van der Waals surface area contributed by atoms with Crippen molar-refractivity contribution in [2.24, 2.45) is 5.10 Å². The van der Waals surface area contributed by atoms with E-state index in [0.29, 0.717) is 5.56 Å². The minimum absolute atomic E-state index is 0.0405. The van der Waals surface area contributed by atoms with Gasteiger partial charge in [-0.1, -0.05) is 36.4 Å². The number of benzene rings is 2. The van der Waals surface area contributed by atoms with E-state index in [1.165, 1.54) is 0 Å². The van der Waals surface area contributed by atoms with Crippen molar-refractivity contribution in [2.45, 2.75) is 0 Å². The van der Waals surface area contributed by atoms with Crippen LogP contribution in [0.4, 0.5) is 0 Å². The monoisotopic (exact) mass is 291 g/mol. The molecular weight excluding hydrogens is 274 g/mol. The lowest BCUT2D eigenvalue weighted by molar-refractivity contribution is 0.0965. The van der Waals surface area contributed by atoms with Gasteiger partial charge in [0.1, 0.15) is 0 Å². The van der Waals surface area contributed by atoms with Gasteiger partial charge in [-0.3, -0.25) is 9.36 Å². The van der Waals surface area contributed by atoms with Crippen molar-refractivity contribution in [3.05, 3.63) is 71.9 Å². The largest absolute Gasteiger partial charge is 0.303 e. The van der Waals surface area contributed by atoms with Gasteiger partial charge < -0.3 is 5.01 Å². The van der Waals surface area contributed by atoms with Gasteiger partial charge in [-0.15, -0.1) is 0 Å². The number of carbonyl (C=O) groups excluding carboxylic acids is 1. The van der Waals surface area contributed by atoms with E-state index in [2.05, 4.69) is 5.10 Å². The molecule has 110 valence electrons. The standard InChI is InChI=1S/C18H17N3O/c1-20(2)19-12-15-13-21(17-11-7-6-10-16(15)17)18(22)14-8-4-3-5-9-14/h3-13H,1-2H3. The molecule has 4 nitrogen and oxygen atoms in total. The SMILES string of the molecule is CN(C)N=Cc1cn(C(=O)c2ccccc2)c2ccccc12. The summed E-state index contributed by atoms with van der Waals surface area (Å²) in [6.07, 6.45) is 3.62. The highest BCUT2D eigenvalue weighted by molar-refractivity contribution is 6.07. The number of rotatable bonds is 3. The zero-order valence-electron chi connectivity index (χ0n) is 12.6. The molecule has 0 aliphatic rings. The van der Waals surface area contributed by atoms with Crippen LogP contribution >= 0.6 is 0 Å². The number of hydrogen-bond acceptors (Lipinski definition) is 3. The second-order valence-corrected chi connectivity index (χ2v) is 5.23. The first-order valence-electron chi connectivity index (χ1n) is 7.08. The topological polar surface area (TPSA) is 37.6 Å². The first-order valence-corrected chi connectivity index (χ1v) is 7.08. The van der Waals surface area contributed by atoms with Crippen LogP contribution in [-0.4, -0.2) is 35.8 Å². The molecule has 0 saturated carbocycles. The van der Waals surface area contributed by atoms with Crippen LogP contribution < -0.4 is 0 Å². The Morgan fingerprint density at radius 2 is 1.73 bits per heavy atom. The van der Waals surface area contributed by atoms with Crippen molar-refractivity contribution in [2.75, 3.05) is 14.1 Å². The Bertz CT molecular complexity index is 832. The molecule has 1 heterocycles. The van der Waals surface area contributed by atoms with Crippen molar-refractivity contribution >= 4 is 23.0 Å². The summed E-state index contributed by atoms with van der Waals surface area (Å²) in [6, 6.07) is 17.1. The Hall–Kier alpha value is -2.88. The van der Waals surface area contributed by atoms with Crippen molar-refractivity contribution in [3.63, 3.8) is 0 Å². The molecule has 3 aromatic rings. The summed E-state index contributed by atoms with van der Waals surface area (Å²) < 4.78 is 1.68. The molecule has 0 radical (unpaired) electrons. The second-order valence-electron chi connectivity index (χ2n) is 5.23. The first kappa shape index (κ1) is 14.1. The van der Waals surface area contributed by atoms with Gasteiger partial charge in [0.15, 0.2) is 0 Å². The molecule has 2 aromatic carbocycles. The molecule has 0 bridgehead atoms. The van der Waals surface area contributed by atoms with Crippen LogP contribution in [0, 0.1) is 0 Å². The maximum Gasteiger partial charge on any atom is 0.262 e. The van der Waals surface area contributed by atoms with Gasteiger partial charge in [0.25, 0.3) is 5.91 Å². The molecule has 0 fully saturated rings. The number of nitrogens with zero attached hydrogens (tertiary/aromatic N) is 3. The average Bonchev–Trinajstić information content (AvgIpc) is 2.92. The summed E-state index contributed by atoms with van der Waals surface area (Å²) in [6.45, 7) is 0. The van der Waals surface area contributed by atoms with Crippen molar-refractivity contribution in [1.82, 2.24) is 9.58 Å². The summed E-state index contributed by atoms with van der Waals surface area (Å²) in [5.41, 5.74) is 2.48. The van der Waals surface area contributed by atoms with Crippen LogP contribution in [0.3, 0.4) is 0 Å². The maximum absolute atomic E-state index is 12.7. The number of hydrazone groups is 1. The van der Waals surface area contributed by atoms with E-state index < -0.39 is 0 Å². The molecule has 0 aliphatic heterocycles. The highest BCUT2D eigenvalue weighted by Gasteiger charge is 2.13. The minimum atomic E-state index is -0.0405. The minimum Gasteiger partial charge on any atom is -0.303 e. The Balaban J connectivity index is 2.12. The molecule has 0 atom stereocenters. The van der Waals surface area contributed by atoms with Crippen molar-refractivity contribution in [3.8, 4) is 0 Å². The fourth-order valence-electron chi connectivity index (χ4n) is 2.37. The Labute approximate surface area is 129 Å². The zero-order valence-corrected chi connectivity index (χ0v) is 12.6. The van der Waals surface area contributed by atoms with E-state index in [1.54, 1.807) is 15.8 Å². The van der Waals surface area contributed by atoms with Gasteiger partial charge in [0, 0.05) is 36.8 Å². The van der Waals surface area contributed by atoms with Gasteiger partial charge in [0.2, 0.25) is 0 Å². The van der Waals surface area contributed by atoms with Gasteiger partial charge in [-0.05, 0) is 18.2 Å². The highest BCUT2D eigenvalue weighted by Crippen LogP contribution is 2.21. The van der Waals surface area contributed by atoms with E-state index in [4.69, 9.17) is 0 Å². The molecule has 3 rings (SSSR count). The zero-order chi connectivity index (χ0) is 15.5. The van der Waals surface area contributed by atoms with Crippen LogP contribution in [-0.2, 0) is 0 Å². The predicted octanol–water partition coefficient (Wildman–Crippen LogP) is 3.23. The molecule has 0 saturated heterocycles. The van der Waals surface area contributed by atoms with Crippen LogP contribution in [0.25, 0.3) is 10.9 Å². The molecule has 0 N–H and O–H groups in total. The number of hydrogen-bond donors (Lipinski definition) is 0. The lowest BCUT2D eigenvalue weighted by atomic mass is 10.2. The Morgan fingerprint density at radius 1 is 1.05 bits per heavy atom. The maximum atomic E-state index is 12.7. The fraction of sp³-hybridized carbons (Fsp3) is 0.111. The predicted molar refractivity (Wildman–Crippen MR) is 89.4 cm³/mol. The van der Waals surface area contributed by atoms with Crippen molar-refractivity contribution < 1.29 is 4.79 Å². The van der Waals surface area contributed by atoms with E-state index in [9.17, 15) is 4.79 Å². The third-order valence-electron chi connectivity index (χ3n) is 3.41. The van der Waals surface area contributed by atoms with Gasteiger partial charge in [-0.2, -0.15) is 5.10 Å². The molecular formula is C18H17N3O. The lowest BCUT2D eigenvalue weighted by Crippen LogP contribution is -2.10. The number of fused-ring (bicyclic) bond motifs is 1. The molecule has 22 heavy (non-hydrogen) atoms. The quantitative estimate of drug-likeness (QED) is 0.549. The molecule has 1 aromatic heterocycles. The number of carbonyl (C=O) groups is 1. The molecule has 0 unspecified atom stereocenters. The van der Waals surface area contributed by atoms with E-state index in [0.717, 1.165) is 16.5 Å². The van der Waals surface area contributed by atoms with E-state index >= 15 is 0 Å². The summed E-state index contributed by atoms with van der Waals surface area (Å²) in [4.78, 5) is 12.7.